The second kappa shape index (κ2) is 8.86. The molecule has 182 valence electrons. The fraction of sp³-hybridized carbons (Fsp3) is 0.286. The molecule has 2 aliphatic rings. The van der Waals surface area contributed by atoms with E-state index in [4.69, 9.17) is 0 Å². The van der Waals surface area contributed by atoms with Crippen LogP contribution in [0.1, 0.15) is 40.9 Å². The maximum absolute atomic E-state index is 14.9. The van der Waals surface area contributed by atoms with Gasteiger partial charge < -0.3 is 9.80 Å². The molecular formula is C28H26FN5O2. The van der Waals surface area contributed by atoms with Crippen LogP contribution in [0.2, 0.25) is 0 Å². The normalized spacial score (nSPS) is 16.8. The van der Waals surface area contributed by atoms with Crippen molar-refractivity contribution < 1.29 is 9.18 Å². The number of aromatic nitrogens is 3. The summed E-state index contributed by atoms with van der Waals surface area (Å²) in [5, 5.41) is 8.07. The third kappa shape index (κ3) is 3.82. The number of fused-ring (bicyclic) bond motifs is 1. The lowest BCUT2D eigenvalue weighted by Gasteiger charge is -2.56. The molecule has 8 heteroatoms. The summed E-state index contributed by atoms with van der Waals surface area (Å²) in [4.78, 5) is 33.9. The number of nitrogens with zero attached hydrogens (tertiary/aromatic N) is 4. The molecule has 0 radical (unpaired) electrons. The highest BCUT2D eigenvalue weighted by Crippen LogP contribution is 2.42. The lowest BCUT2D eigenvalue weighted by Crippen LogP contribution is -2.66. The number of carbonyl (C=O) groups is 1. The highest BCUT2D eigenvalue weighted by Gasteiger charge is 2.49. The summed E-state index contributed by atoms with van der Waals surface area (Å²) in [5.74, 6) is -0.767. The lowest BCUT2D eigenvalue weighted by molar-refractivity contribution is -0.0164. The number of carbonyl (C=O) groups excluding carboxylic acids is 1. The summed E-state index contributed by atoms with van der Waals surface area (Å²) in [5.41, 5.74) is 2.23. The topological polar surface area (TPSA) is 82.2 Å². The van der Waals surface area contributed by atoms with Crippen LogP contribution in [-0.4, -0.2) is 51.2 Å². The predicted molar refractivity (Wildman–Crippen MR) is 136 cm³/mol. The van der Waals surface area contributed by atoms with Crippen LogP contribution >= 0.6 is 0 Å². The Labute approximate surface area is 207 Å². The molecule has 2 saturated heterocycles. The summed E-state index contributed by atoms with van der Waals surface area (Å²) < 4.78 is 14.9. The van der Waals surface area contributed by atoms with Gasteiger partial charge in [0.1, 0.15) is 5.82 Å². The molecule has 1 amide bonds. The molecule has 0 saturated carbocycles. The Morgan fingerprint density at radius 1 is 0.972 bits per heavy atom. The molecule has 0 aliphatic carbocycles. The molecule has 0 atom stereocenters. The van der Waals surface area contributed by atoms with Crippen molar-refractivity contribution in [1.82, 2.24) is 20.1 Å². The summed E-state index contributed by atoms with van der Waals surface area (Å²) in [6.07, 6.45) is 6.62. The third-order valence-corrected chi connectivity index (χ3v) is 7.75. The van der Waals surface area contributed by atoms with E-state index >= 15 is 0 Å². The van der Waals surface area contributed by atoms with E-state index in [1.807, 2.05) is 29.2 Å². The first-order valence-electron chi connectivity index (χ1n) is 12.3. The van der Waals surface area contributed by atoms with Gasteiger partial charge in [-0.2, -0.15) is 5.10 Å². The van der Waals surface area contributed by atoms with Crippen molar-refractivity contribution >= 4 is 22.4 Å². The minimum atomic E-state index is -0.515. The van der Waals surface area contributed by atoms with Crippen molar-refractivity contribution in [2.75, 3.05) is 24.5 Å². The van der Waals surface area contributed by atoms with Gasteiger partial charge in [-0.1, -0.05) is 24.3 Å². The van der Waals surface area contributed by atoms with Crippen LogP contribution in [0.3, 0.4) is 0 Å². The molecule has 0 unspecified atom stereocenters. The first kappa shape index (κ1) is 22.4. The second-order valence-corrected chi connectivity index (χ2v) is 9.66. The number of H-pyrrole nitrogens is 1. The van der Waals surface area contributed by atoms with Gasteiger partial charge in [-0.15, -0.1) is 0 Å². The molecule has 4 heterocycles. The van der Waals surface area contributed by atoms with Gasteiger partial charge in [-0.3, -0.25) is 14.6 Å². The number of nitrogens with one attached hydrogen (secondary N) is 1. The van der Waals surface area contributed by atoms with Gasteiger partial charge in [-0.25, -0.2) is 9.49 Å². The Hall–Kier alpha value is -4.07. The molecule has 2 fully saturated rings. The number of aromatic amines is 1. The third-order valence-electron chi connectivity index (χ3n) is 7.75. The van der Waals surface area contributed by atoms with Gasteiger partial charge in [0.2, 0.25) is 0 Å². The van der Waals surface area contributed by atoms with E-state index in [0.717, 1.165) is 49.0 Å². The maximum atomic E-state index is 14.9. The van der Waals surface area contributed by atoms with Gasteiger partial charge in [0.15, 0.2) is 0 Å². The van der Waals surface area contributed by atoms with Gasteiger partial charge >= 0.3 is 0 Å². The Morgan fingerprint density at radius 2 is 1.69 bits per heavy atom. The van der Waals surface area contributed by atoms with E-state index < -0.39 is 5.82 Å². The Bertz CT molecular complexity index is 1500. The molecule has 0 bridgehead atoms. The second-order valence-electron chi connectivity index (χ2n) is 9.66. The Balaban J connectivity index is 1.22. The molecule has 2 aromatic carbocycles. The fourth-order valence-electron chi connectivity index (χ4n) is 5.60. The van der Waals surface area contributed by atoms with Gasteiger partial charge in [0, 0.05) is 55.1 Å². The zero-order valence-corrected chi connectivity index (χ0v) is 19.8. The molecule has 2 aromatic heterocycles. The van der Waals surface area contributed by atoms with Crippen LogP contribution in [-0.2, 0) is 6.42 Å². The van der Waals surface area contributed by atoms with Crippen molar-refractivity contribution in [2.45, 2.75) is 31.2 Å². The van der Waals surface area contributed by atoms with Crippen molar-refractivity contribution in [2.24, 2.45) is 0 Å². The number of rotatable bonds is 4. The monoisotopic (exact) mass is 483 g/mol. The summed E-state index contributed by atoms with van der Waals surface area (Å²) in [6, 6.07) is 15.9. The first-order chi connectivity index (χ1) is 17.5. The van der Waals surface area contributed by atoms with Crippen molar-refractivity contribution in [3.05, 3.63) is 100.0 Å². The van der Waals surface area contributed by atoms with E-state index in [-0.39, 0.29) is 22.6 Å². The number of benzene rings is 2. The average Bonchev–Trinajstić information content (AvgIpc) is 2.91. The highest BCUT2D eigenvalue weighted by atomic mass is 19.1. The summed E-state index contributed by atoms with van der Waals surface area (Å²) in [6.45, 7) is 2.34. The smallest absolute Gasteiger partial charge is 0.272 e. The number of piperidine rings is 1. The van der Waals surface area contributed by atoms with Gasteiger partial charge in [-0.05, 0) is 55.2 Å². The Morgan fingerprint density at radius 3 is 2.42 bits per heavy atom. The zero-order chi connectivity index (χ0) is 24.7. The van der Waals surface area contributed by atoms with E-state index in [1.54, 1.807) is 36.7 Å². The zero-order valence-electron chi connectivity index (χ0n) is 19.8. The van der Waals surface area contributed by atoms with E-state index in [0.29, 0.717) is 24.0 Å². The van der Waals surface area contributed by atoms with Crippen LogP contribution in [0.15, 0.2) is 71.8 Å². The number of hydrogen-bond donors (Lipinski definition) is 1. The van der Waals surface area contributed by atoms with Gasteiger partial charge in [0.05, 0.1) is 16.6 Å². The molecule has 1 N–H and O–H groups in total. The molecule has 2 aliphatic heterocycles. The van der Waals surface area contributed by atoms with Crippen LogP contribution in [0.25, 0.3) is 10.8 Å². The Kier molecular flexibility index (Phi) is 5.51. The molecule has 6 rings (SSSR count). The number of likely N-dealkylation sites (tertiary alicyclic amines) is 1. The lowest BCUT2D eigenvalue weighted by atomic mass is 9.75. The number of halogens is 1. The summed E-state index contributed by atoms with van der Waals surface area (Å²) >= 11 is 0. The van der Waals surface area contributed by atoms with Crippen LogP contribution in [0, 0.1) is 5.82 Å². The average molecular weight is 484 g/mol. The predicted octanol–water partition coefficient (Wildman–Crippen LogP) is 3.93. The molecular weight excluding hydrogens is 457 g/mol. The van der Waals surface area contributed by atoms with Crippen LogP contribution < -0.4 is 10.5 Å². The molecule has 36 heavy (non-hydrogen) atoms. The number of pyridine rings is 1. The SMILES string of the molecule is O=C(c1cc(Cc2n[nH]c(=O)c3ccccc23)ccc1F)N1CCC12CCN(c1ccncc1)CC2. The number of hydrogen-bond acceptors (Lipinski definition) is 5. The highest BCUT2D eigenvalue weighted by molar-refractivity contribution is 5.96. The summed E-state index contributed by atoms with van der Waals surface area (Å²) in [7, 11) is 0. The van der Waals surface area contributed by atoms with Crippen molar-refractivity contribution in [3.63, 3.8) is 0 Å². The quantitative estimate of drug-likeness (QED) is 0.476. The van der Waals surface area contributed by atoms with Crippen LogP contribution in [0.4, 0.5) is 10.1 Å². The molecule has 4 aromatic rings. The van der Waals surface area contributed by atoms with E-state index in [1.165, 1.54) is 6.07 Å². The standard InChI is InChI=1S/C28H26FN5O2/c29-24-6-5-19(18-25-21-3-1-2-4-22(21)26(35)32-31-25)17-23(24)27(36)34-16-11-28(34)9-14-33(15-10-28)20-7-12-30-13-8-20/h1-8,12-13,17H,9-11,14-16,18H2,(H,32,35). The van der Waals surface area contributed by atoms with E-state index in [9.17, 15) is 14.0 Å². The first-order valence-corrected chi connectivity index (χ1v) is 12.3. The number of amides is 1. The van der Waals surface area contributed by atoms with Crippen molar-refractivity contribution in [3.8, 4) is 0 Å². The molecule has 7 nitrogen and oxygen atoms in total. The molecule has 1 spiro atoms. The largest absolute Gasteiger partial charge is 0.371 e. The van der Waals surface area contributed by atoms with E-state index in [2.05, 4.69) is 20.1 Å². The van der Waals surface area contributed by atoms with Crippen LogP contribution in [0.5, 0.6) is 0 Å². The fourth-order valence-corrected chi connectivity index (χ4v) is 5.60. The van der Waals surface area contributed by atoms with Crippen molar-refractivity contribution in [1.29, 1.82) is 0 Å². The maximum Gasteiger partial charge on any atom is 0.272 e. The minimum Gasteiger partial charge on any atom is -0.371 e. The minimum absolute atomic E-state index is 0.0943. The number of anilines is 1. The van der Waals surface area contributed by atoms with Gasteiger partial charge in [0.25, 0.3) is 11.5 Å².